The Labute approximate surface area is 81.2 Å². The average molecular weight is 196 g/mol. The first-order valence-corrected chi connectivity index (χ1v) is 4.11. The van der Waals surface area contributed by atoms with Gasteiger partial charge in [-0.2, -0.15) is 0 Å². The lowest BCUT2D eigenvalue weighted by molar-refractivity contribution is -0.141. The fourth-order valence-electron chi connectivity index (χ4n) is 1.09. The fourth-order valence-corrected chi connectivity index (χ4v) is 1.09. The highest BCUT2D eigenvalue weighted by Gasteiger charge is 2.23. The third-order valence-electron chi connectivity index (χ3n) is 1.89. The van der Waals surface area contributed by atoms with Gasteiger partial charge in [-0.15, -0.1) is 0 Å². The van der Waals surface area contributed by atoms with E-state index in [0.29, 0.717) is 11.3 Å². The zero-order valence-corrected chi connectivity index (χ0v) is 7.71. The molecule has 0 aliphatic heterocycles. The largest absolute Gasteiger partial charge is 0.480 e. The predicted molar refractivity (Wildman–Crippen MR) is 49.5 cm³/mol. The SMILES string of the molecule is Cc1cc(C(O)C(N)C(=O)O)ccn1. The topological polar surface area (TPSA) is 96.4 Å². The van der Waals surface area contributed by atoms with Crippen molar-refractivity contribution in [3.8, 4) is 0 Å². The molecule has 4 N–H and O–H groups in total. The van der Waals surface area contributed by atoms with E-state index in [2.05, 4.69) is 4.98 Å². The van der Waals surface area contributed by atoms with Crippen molar-refractivity contribution in [1.29, 1.82) is 0 Å². The van der Waals surface area contributed by atoms with Gasteiger partial charge in [-0.1, -0.05) is 0 Å². The Morgan fingerprint density at radius 2 is 2.29 bits per heavy atom. The molecule has 0 radical (unpaired) electrons. The van der Waals surface area contributed by atoms with Gasteiger partial charge in [-0.25, -0.2) is 0 Å². The minimum atomic E-state index is -1.31. The van der Waals surface area contributed by atoms with Gasteiger partial charge in [0.25, 0.3) is 0 Å². The van der Waals surface area contributed by atoms with E-state index in [1.165, 1.54) is 6.20 Å². The summed E-state index contributed by atoms with van der Waals surface area (Å²) in [6, 6.07) is 1.84. The van der Waals surface area contributed by atoms with E-state index in [0.717, 1.165) is 0 Å². The molecular formula is C9H12N2O3. The molecule has 0 amide bonds. The number of hydrogen-bond acceptors (Lipinski definition) is 4. The van der Waals surface area contributed by atoms with Crippen LogP contribution in [-0.4, -0.2) is 27.2 Å². The molecule has 0 aliphatic rings. The van der Waals surface area contributed by atoms with Gasteiger partial charge < -0.3 is 15.9 Å². The van der Waals surface area contributed by atoms with Gasteiger partial charge in [0.2, 0.25) is 0 Å². The number of carboxylic acids is 1. The second kappa shape index (κ2) is 4.17. The Hall–Kier alpha value is -1.46. The van der Waals surface area contributed by atoms with E-state index in [1.807, 2.05) is 0 Å². The number of aliphatic hydroxyl groups excluding tert-OH is 1. The van der Waals surface area contributed by atoms with E-state index in [9.17, 15) is 9.90 Å². The maximum atomic E-state index is 10.5. The summed E-state index contributed by atoms with van der Waals surface area (Å²) in [5.41, 5.74) is 6.44. The van der Waals surface area contributed by atoms with Gasteiger partial charge in [-0.3, -0.25) is 9.78 Å². The summed E-state index contributed by atoms with van der Waals surface area (Å²) in [6.07, 6.45) is 0.303. The van der Waals surface area contributed by atoms with Crippen LogP contribution in [0.25, 0.3) is 0 Å². The van der Waals surface area contributed by atoms with Gasteiger partial charge in [0.05, 0.1) is 0 Å². The molecule has 0 bridgehead atoms. The van der Waals surface area contributed by atoms with Crippen LogP contribution in [0, 0.1) is 6.92 Å². The van der Waals surface area contributed by atoms with Gasteiger partial charge in [0.1, 0.15) is 12.1 Å². The van der Waals surface area contributed by atoms with E-state index < -0.39 is 18.1 Å². The van der Waals surface area contributed by atoms with Crippen molar-refractivity contribution in [1.82, 2.24) is 4.98 Å². The van der Waals surface area contributed by atoms with Crippen LogP contribution in [-0.2, 0) is 4.79 Å². The van der Waals surface area contributed by atoms with E-state index in [1.54, 1.807) is 19.1 Å². The molecule has 0 fully saturated rings. The summed E-state index contributed by atoms with van der Waals surface area (Å²) in [6.45, 7) is 1.75. The molecule has 14 heavy (non-hydrogen) atoms. The van der Waals surface area contributed by atoms with Gasteiger partial charge >= 0.3 is 5.97 Å². The van der Waals surface area contributed by atoms with Crippen molar-refractivity contribution >= 4 is 5.97 Å². The number of hydrogen-bond donors (Lipinski definition) is 3. The number of carboxylic acid groups (broad SMARTS) is 1. The summed E-state index contributed by atoms with van der Waals surface area (Å²) in [5, 5.41) is 18.1. The molecule has 0 spiro atoms. The van der Waals surface area contributed by atoms with E-state index in [-0.39, 0.29) is 0 Å². The molecule has 2 unspecified atom stereocenters. The number of carbonyl (C=O) groups is 1. The van der Waals surface area contributed by atoms with Crippen molar-refractivity contribution in [2.24, 2.45) is 5.73 Å². The highest BCUT2D eigenvalue weighted by atomic mass is 16.4. The Morgan fingerprint density at radius 3 is 2.79 bits per heavy atom. The minimum Gasteiger partial charge on any atom is -0.480 e. The second-order valence-electron chi connectivity index (χ2n) is 3.04. The number of rotatable bonds is 3. The number of pyridine rings is 1. The lowest BCUT2D eigenvalue weighted by Crippen LogP contribution is -2.36. The van der Waals surface area contributed by atoms with Crippen LogP contribution in [0.2, 0.25) is 0 Å². The second-order valence-corrected chi connectivity index (χ2v) is 3.04. The summed E-state index contributed by atoms with van der Waals surface area (Å²) >= 11 is 0. The van der Waals surface area contributed by atoms with Crippen molar-refractivity contribution in [2.75, 3.05) is 0 Å². The van der Waals surface area contributed by atoms with Crippen LogP contribution in [0.4, 0.5) is 0 Å². The summed E-state index contributed by atoms with van der Waals surface area (Å²) in [7, 11) is 0. The van der Waals surface area contributed by atoms with E-state index >= 15 is 0 Å². The molecule has 76 valence electrons. The Morgan fingerprint density at radius 1 is 1.64 bits per heavy atom. The third kappa shape index (κ3) is 2.27. The van der Waals surface area contributed by atoms with Gasteiger partial charge in [-0.05, 0) is 24.6 Å². The van der Waals surface area contributed by atoms with E-state index in [4.69, 9.17) is 10.8 Å². The number of aryl methyl sites for hydroxylation is 1. The average Bonchev–Trinajstić information content (AvgIpc) is 2.15. The zero-order chi connectivity index (χ0) is 10.7. The van der Waals surface area contributed by atoms with Crippen molar-refractivity contribution in [2.45, 2.75) is 19.1 Å². The summed E-state index contributed by atoms with van der Waals surface area (Å²) in [5.74, 6) is -1.23. The number of aromatic nitrogens is 1. The number of nitrogens with zero attached hydrogens (tertiary/aromatic N) is 1. The first-order chi connectivity index (χ1) is 6.52. The number of nitrogens with two attached hydrogens (primary N) is 1. The zero-order valence-electron chi connectivity index (χ0n) is 7.71. The fraction of sp³-hybridized carbons (Fsp3) is 0.333. The summed E-state index contributed by atoms with van der Waals surface area (Å²) in [4.78, 5) is 14.4. The lowest BCUT2D eigenvalue weighted by Gasteiger charge is -2.15. The van der Waals surface area contributed by atoms with Crippen LogP contribution in [0.3, 0.4) is 0 Å². The quantitative estimate of drug-likeness (QED) is 0.624. The van der Waals surface area contributed by atoms with Crippen molar-refractivity contribution < 1.29 is 15.0 Å². The smallest absolute Gasteiger partial charge is 0.323 e. The molecule has 1 aromatic rings. The Kier molecular flexibility index (Phi) is 3.16. The maximum absolute atomic E-state index is 10.5. The Bertz CT molecular complexity index is 341. The van der Waals surface area contributed by atoms with Gasteiger partial charge in [0, 0.05) is 11.9 Å². The molecule has 0 aromatic carbocycles. The predicted octanol–water partition coefficient (Wildman–Crippen LogP) is -0.165. The maximum Gasteiger partial charge on any atom is 0.323 e. The first-order valence-electron chi connectivity index (χ1n) is 4.11. The molecule has 0 aliphatic carbocycles. The molecule has 0 saturated carbocycles. The molecule has 2 atom stereocenters. The molecule has 1 aromatic heterocycles. The van der Waals surface area contributed by atoms with Gasteiger partial charge in [0.15, 0.2) is 0 Å². The van der Waals surface area contributed by atoms with Crippen LogP contribution in [0.5, 0.6) is 0 Å². The Balaban J connectivity index is 2.89. The number of aliphatic carboxylic acids is 1. The molecule has 1 heterocycles. The van der Waals surface area contributed by atoms with Crippen LogP contribution in [0.1, 0.15) is 17.4 Å². The normalized spacial score (nSPS) is 14.8. The van der Waals surface area contributed by atoms with Crippen molar-refractivity contribution in [3.05, 3.63) is 29.6 Å². The first kappa shape index (κ1) is 10.6. The molecule has 5 heteroatoms. The molecule has 0 saturated heterocycles. The molecular weight excluding hydrogens is 184 g/mol. The van der Waals surface area contributed by atoms with Crippen LogP contribution < -0.4 is 5.73 Å². The minimum absolute atomic E-state index is 0.465. The monoisotopic (exact) mass is 196 g/mol. The standard InChI is InChI=1S/C9H12N2O3/c1-5-4-6(2-3-11-5)8(12)7(10)9(13)14/h2-4,7-8,12H,10H2,1H3,(H,13,14). The summed E-state index contributed by atoms with van der Waals surface area (Å²) < 4.78 is 0. The molecule has 1 rings (SSSR count). The lowest BCUT2D eigenvalue weighted by atomic mass is 10.0. The highest BCUT2D eigenvalue weighted by molar-refractivity contribution is 5.74. The van der Waals surface area contributed by atoms with Crippen LogP contribution in [0.15, 0.2) is 18.3 Å². The molecule has 5 nitrogen and oxygen atoms in total. The highest BCUT2D eigenvalue weighted by Crippen LogP contribution is 2.15. The number of aliphatic hydroxyl groups is 1. The van der Waals surface area contributed by atoms with Crippen LogP contribution >= 0.6 is 0 Å². The van der Waals surface area contributed by atoms with Crippen molar-refractivity contribution in [3.63, 3.8) is 0 Å². The third-order valence-corrected chi connectivity index (χ3v) is 1.89.